The van der Waals surface area contributed by atoms with Gasteiger partial charge in [0.25, 0.3) is 5.91 Å². The van der Waals surface area contributed by atoms with E-state index in [1.165, 1.54) is 11.3 Å². The highest BCUT2D eigenvalue weighted by Crippen LogP contribution is 2.16. The maximum absolute atomic E-state index is 12.1. The quantitative estimate of drug-likeness (QED) is 0.927. The lowest BCUT2D eigenvalue weighted by Gasteiger charge is -2.24. The molecule has 3 rings (SSSR count). The molecule has 2 aromatic rings. The van der Waals surface area contributed by atoms with E-state index in [0.717, 1.165) is 36.6 Å². The SMILES string of the molecule is CCc1ncc(C(=O)N[C@H]2CCc3nccn3C2)s1. The number of aryl methyl sites for hydroxylation is 2. The van der Waals surface area contributed by atoms with E-state index < -0.39 is 0 Å². The topological polar surface area (TPSA) is 59.8 Å². The Morgan fingerprint density at radius 3 is 3.26 bits per heavy atom. The number of fused-ring (bicyclic) bond motifs is 1. The standard InChI is InChI=1S/C13H16N4OS/c1-2-12-15-7-10(19-12)13(18)16-9-3-4-11-14-5-6-17(11)8-9/h5-7,9H,2-4,8H2,1H3,(H,16,18)/t9-/m0/s1. The number of amides is 1. The molecular formula is C13H16N4OS. The van der Waals surface area contributed by atoms with Gasteiger partial charge in [-0.05, 0) is 12.8 Å². The van der Waals surface area contributed by atoms with Crippen molar-refractivity contribution in [3.8, 4) is 0 Å². The second-order valence-electron chi connectivity index (χ2n) is 4.68. The zero-order valence-corrected chi connectivity index (χ0v) is 11.6. The van der Waals surface area contributed by atoms with Gasteiger partial charge in [0.05, 0.1) is 11.2 Å². The van der Waals surface area contributed by atoms with Crippen LogP contribution in [0, 0.1) is 0 Å². The van der Waals surface area contributed by atoms with Gasteiger partial charge in [-0.3, -0.25) is 4.79 Å². The smallest absolute Gasteiger partial charge is 0.263 e. The Kier molecular flexibility index (Phi) is 3.33. The molecule has 1 aliphatic rings. The lowest BCUT2D eigenvalue weighted by molar-refractivity contribution is 0.0931. The summed E-state index contributed by atoms with van der Waals surface area (Å²) in [5.74, 6) is 1.10. The van der Waals surface area contributed by atoms with Gasteiger partial charge in [-0.1, -0.05) is 6.92 Å². The summed E-state index contributed by atoms with van der Waals surface area (Å²) in [5, 5.41) is 4.09. The lowest BCUT2D eigenvalue weighted by atomic mass is 10.1. The van der Waals surface area contributed by atoms with Gasteiger partial charge in [-0.2, -0.15) is 0 Å². The molecule has 100 valence electrons. The van der Waals surface area contributed by atoms with Gasteiger partial charge >= 0.3 is 0 Å². The highest BCUT2D eigenvalue weighted by molar-refractivity contribution is 7.13. The van der Waals surface area contributed by atoms with E-state index in [9.17, 15) is 4.79 Å². The number of nitrogens with one attached hydrogen (secondary N) is 1. The van der Waals surface area contributed by atoms with Gasteiger partial charge in [-0.15, -0.1) is 11.3 Å². The largest absolute Gasteiger partial charge is 0.347 e. The van der Waals surface area contributed by atoms with Gasteiger partial charge in [0, 0.05) is 31.4 Å². The van der Waals surface area contributed by atoms with Crippen LogP contribution in [-0.2, 0) is 19.4 Å². The molecule has 1 atom stereocenters. The van der Waals surface area contributed by atoms with Gasteiger partial charge in [0.15, 0.2) is 0 Å². The van der Waals surface area contributed by atoms with Crippen molar-refractivity contribution in [1.82, 2.24) is 19.9 Å². The zero-order chi connectivity index (χ0) is 13.2. The fourth-order valence-corrected chi connectivity index (χ4v) is 3.08. The summed E-state index contributed by atoms with van der Waals surface area (Å²) >= 11 is 1.47. The van der Waals surface area contributed by atoms with Crippen molar-refractivity contribution in [3.63, 3.8) is 0 Å². The van der Waals surface area contributed by atoms with E-state index in [1.54, 1.807) is 6.20 Å². The van der Waals surface area contributed by atoms with Crippen LogP contribution < -0.4 is 5.32 Å². The third-order valence-corrected chi connectivity index (χ3v) is 4.49. The first kappa shape index (κ1) is 12.3. The number of nitrogens with zero attached hydrogens (tertiary/aromatic N) is 3. The van der Waals surface area contributed by atoms with Gasteiger partial charge in [0.2, 0.25) is 0 Å². The number of hydrogen-bond acceptors (Lipinski definition) is 4. The van der Waals surface area contributed by atoms with E-state index in [2.05, 4.69) is 19.9 Å². The lowest BCUT2D eigenvalue weighted by Crippen LogP contribution is -2.40. The number of imidazole rings is 1. The van der Waals surface area contributed by atoms with E-state index >= 15 is 0 Å². The van der Waals surface area contributed by atoms with Gasteiger partial charge in [-0.25, -0.2) is 9.97 Å². The summed E-state index contributed by atoms with van der Waals surface area (Å²) in [6.45, 7) is 2.85. The number of thiazole rings is 1. The summed E-state index contributed by atoms with van der Waals surface area (Å²) in [5.41, 5.74) is 0. The number of aromatic nitrogens is 3. The summed E-state index contributed by atoms with van der Waals surface area (Å²) in [6.07, 6.45) is 8.19. The Balaban J connectivity index is 1.64. The maximum Gasteiger partial charge on any atom is 0.263 e. The molecule has 0 radical (unpaired) electrons. The van der Waals surface area contributed by atoms with Crippen molar-refractivity contribution in [1.29, 1.82) is 0 Å². The first-order valence-corrected chi connectivity index (χ1v) is 7.33. The molecule has 1 N–H and O–H groups in total. The summed E-state index contributed by atoms with van der Waals surface area (Å²) in [7, 11) is 0. The average Bonchev–Trinajstić information content (AvgIpc) is 3.06. The molecule has 0 fully saturated rings. The van der Waals surface area contributed by atoms with Crippen LogP contribution in [0.1, 0.15) is 33.8 Å². The minimum Gasteiger partial charge on any atom is -0.347 e. The molecule has 19 heavy (non-hydrogen) atoms. The van der Waals surface area contributed by atoms with Crippen molar-refractivity contribution in [2.45, 2.75) is 38.8 Å². The molecule has 5 nitrogen and oxygen atoms in total. The second-order valence-corrected chi connectivity index (χ2v) is 5.79. The summed E-state index contributed by atoms with van der Waals surface area (Å²) < 4.78 is 2.11. The Labute approximate surface area is 115 Å². The van der Waals surface area contributed by atoms with Crippen LogP contribution >= 0.6 is 11.3 Å². The first-order chi connectivity index (χ1) is 9.26. The number of hydrogen-bond donors (Lipinski definition) is 1. The molecule has 0 saturated carbocycles. The van der Waals surface area contributed by atoms with Crippen LogP contribution in [0.25, 0.3) is 0 Å². The maximum atomic E-state index is 12.1. The molecule has 0 aromatic carbocycles. The van der Waals surface area contributed by atoms with Gasteiger partial charge < -0.3 is 9.88 Å². The van der Waals surface area contributed by atoms with E-state index in [0.29, 0.717) is 4.88 Å². The molecule has 0 spiro atoms. The highest BCUT2D eigenvalue weighted by Gasteiger charge is 2.21. The van der Waals surface area contributed by atoms with Crippen molar-refractivity contribution < 1.29 is 4.79 Å². The van der Waals surface area contributed by atoms with Crippen LogP contribution in [0.4, 0.5) is 0 Å². The summed E-state index contributed by atoms with van der Waals surface area (Å²) in [6, 6.07) is 0.182. The Hall–Kier alpha value is -1.69. The fraction of sp³-hybridized carbons (Fsp3) is 0.462. The van der Waals surface area contributed by atoms with E-state index in [1.807, 2.05) is 19.3 Å². The van der Waals surface area contributed by atoms with Crippen molar-refractivity contribution in [3.05, 3.63) is 34.3 Å². The van der Waals surface area contributed by atoms with Crippen LogP contribution in [0.5, 0.6) is 0 Å². The number of rotatable bonds is 3. The molecule has 1 amide bonds. The van der Waals surface area contributed by atoms with Crippen molar-refractivity contribution >= 4 is 17.2 Å². The van der Waals surface area contributed by atoms with Crippen LogP contribution in [0.2, 0.25) is 0 Å². The first-order valence-electron chi connectivity index (χ1n) is 6.52. The van der Waals surface area contributed by atoms with Crippen molar-refractivity contribution in [2.75, 3.05) is 0 Å². The molecule has 0 bridgehead atoms. The average molecular weight is 276 g/mol. The minimum atomic E-state index is -0.00855. The van der Waals surface area contributed by atoms with Crippen LogP contribution in [-0.4, -0.2) is 26.5 Å². The molecule has 0 aliphatic carbocycles. The molecule has 0 saturated heterocycles. The Bertz CT molecular complexity index is 589. The van der Waals surface area contributed by atoms with E-state index in [-0.39, 0.29) is 11.9 Å². The second kappa shape index (κ2) is 5.13. The van der Waals surface area contributed by atoms with Crippen LogP contribution in [0.3, 0.4) is 0 Å². The Morgan fingerprint density at radius 1 is 1.58 bits per heavy atom. The predicted molar refractivity (Wildman–Crippen MR) is 73.3 cm³/mol. The molecule has 1 aliphatic heterocycles. The molecular weight excluding hydrogens is 260 g/mol. The normalized spacial score (nSPS) is 18.1. The summed E-state index contributed by atoms with van der Waals surface area (Å²) in [4.78, 5) is 21.3. The zero-order valence-electron chi connectivity index (χ0n) is 10.8. The molecule has 2 aromatic heterocycles. The van der Waals surface area contributed by atoms with E-state index in [4.69, 9.17) is 0 Å². The fourth-order valence-electron chi connectivity index (χ4n) is 2.32. The molecule has 0 unspecified atom stereocenters. The van der Waals surface area contributed by atoms with Crippen molar-refractivity contribution in [2.24, 2.45) is 0 Å². The molecule has 3 heterocycles. The predicted octanol–water partition coefficient (Wildman–Crippen LogP) is 1.65. The Morgan fingerprint density at radius 2 is 2.47 bits per heavy atom. The third kappa shape index (κ3) is 2.53. The highest BCUT2D eigenvalue weighted by atomic mass is 32.1. The third-order valence-electron chi connectivity index (χ3n) is 3.35. The number of carbonyl (C=O) groups is 1. The van der Waals surface area contributed by atoms with Crippen LogP contribution in [0.15, 0.2) is 18.6 Å². The minimum absolute atomic E-state index is 0.00855. The van der Waals surface area contributed by atoms with Gasteiger partial charge in [0.1, 0.15) is 10.7 Å². The monoisotopic (exact) mass is 276 g/mol. The number of carbonyl (C=O) groups excluding carboxylic acids is 1. The molecule has 6 heteroatoms.